The van der Waals surface area contributed by atoms with E-state index >= 15 is 0 Å². The lowest BCUT2D eigenvalue weighted by Gasteiger charge is -2.21. The highest BCUT2D eigenvalue weighted by Gasteiger charge is 2.12. The summed E-state index contributed by atoms with van der Waals surface area (Å²) >= 11 is 6.05. The molecule has 1 rings (SSSR count). The summed E-state index contributed by atoms with van der Waals surface area (Å²) < 4.78 is 0. The number of nitrogens with one attached hydrogen (secondary N) is 1. The molecule has 0 saturated carbocycles. The van der Waals surface area contributed by atoms with Crippen LogP contribution in [-0.4, -0.2) is 6.54 Å². The second-order valence-corrected chi connectivity index (χ2v) is 5.79. The Balaban J connectivity index is 2.66. The lowest BCUT2D eigenvalue weighted by atomic mass is 9.96. The van der Waals surface area contributed by atoms with Crippen molar-refractivity contribution in [3.05, 3.63) is 34.3 Å². The highest BCUT2D eigenvalue weighted by molar-refractivity contribution is 6.30. The predicted molar refractivity (Wildman–Crippen MR) is 86.0 cm³/mol. The SMILES string of the molecule is CCCCCCC(NCCC)c1ccc(Cl)cc1C. The first-order valence-corrected chi connectivity index (χ1v) is 8.06. The van der Waals surface area contributed by atoms with E-state index in [1.807, 2.05) is 6.07 Å². The summed E-state index contributed by atoms with van der Waals surface area (Å²) in [6.45, 7) is 7.72. The van der Waals surface area contributed by atoms with Crippen LogP contribution in [0.25, 0.3) is 0 Å². The molecule has 0 aliphatic rings. The van der Waals surface area contributed by atoms with Crippen LogP contribution in [0.3, 0.4) is 0 Å². The van der Waals surface area contributed by atoms with Gasteiger partial charge in [0.25, 0.3) is 0 Å². The van der Waals surface area contributed by atoms with Crippen LogP contribution in [0.2, 0.25) is 5.02 Å². The molecule has 1 aromatic rings. The third-order valence-corrected chi connectivity index (χ3v) is 3.83. The second kappa shape index (κ2) is 9.39. The zero-order valence-electron chi connectivity index (χ0n) is 12.6. The lowest BCUT2D eigenvalue weighted by molar-refractivity contribution is 0.469. The molecule has 0 heterocycles. The van der Waals surface area contributed by atoms with Crippen molar-refractivity contribution in [1.82, 2.24) is 5.32 Å². The molecular weight excluding hydrogens is 254 g/mol. The molecule has 0 amide bonds. The van der Waals surface area contributed by atoms with Gasteiger partial charge in [-0.05, 0) is 49.6 Å². The molecule has 0 aliphatic carbocycles. The largest absolute Gasteiger partial charge is 0.310 e. The van der Waals surface area contributed by atoms with Crippen molar-refractivity contribution in [2.45, 2.75) is 65.3 Å². The van der Waals surface area contributed by atoms with E-state index in [1.165, 1.54) is 49.7 Å². The van der Waals surface area contributed by atoms with Crippen LogP contribution in [0, 0.1) is 6.92 Å². The summed E-state index contributed by atoms with van der Waals surface area (Å²) in [6.07, 6.45) is 7.69. The van der Waals surface area contributed by atoms with E-state index in [4.69, 9.17) is 11.6 Å². The van der Waals surface area contributed by atoms with E-state index in [9.17, 15) is 0 Å². The van der Waals surface area contributed by atoms with Crippen LogP contribution >= 0.6 is 11.6 Å². The van der Waals surface area contributed by atoms with Gasteiger partial charge in [0.05, 0.1) is 0 Å². The molecule has 1 N–H and O–H groups in total. The molecule has 108 valence electrons. The molecule has 1 atom stereocenters. The summed E-state index contributed by atoms with van der Waals surface area (Å²) in [4.78, 5) is 0. The van der Waals surface area contributed by atoms with E-state index < -0.39 is 0 Å². The zero-order chi connectivity index (χ0) is 14.1. The smallest absolute Gasteiger partial charge is 0.0408 e. The number of hydrogen-bond donors (Lipinski definition) is 1. The van der Waals surface area contributed by atoms with Gasteiger partial charge in [-0.3, -0.25) is 0 Å². The minimum absolute atomic E-state index is 0.481. The lowest BCUT2D eigenvalue weighted by Crippen LogP contribution is -2.22. The predicted octanol–water partition coefficient (Wildman–Crippen LogP) is 5.66. The van der Waals surface area contributed by atoms with Crippen molar-refractivity contribution in [3.8, 4) is 0 Å². The number of benzene rings is 1. The van der Waals surface area contributed by atoms with Gasteiger partial charge in [0.15, 0.2) is 0 Å². The monoisotopic (exact) mass is 281 g/mol. The van der Waals surface area contributed by atoms with E-state index in [0.29, 0.717) is 6.04 Å². The third kappa shape index (κ3) is 5.97. The van der Waals surface area contributed by atoms with E-state index in [0.717, 1.165) is 11.6 Å². The van der Waals surface area contributed by atoms with Crippen molar-refractivity contribution in [2.24, 2.45) is 0 Å². The fourth-order valence-corrected chi connectivity index (χ4v) is 2.72. The van der Waals surface area contributed by atoms with Crippen LogP contribution in [0.15, 0.2) is 18.2 Å². The van der Waals surface area contributed by atoms with Gasteiger partial charge in [0, 0.05) is 11.1 Å². The van der Waals surface area contributed by atoms with Crippen molar-refractivity contribution < 1.29 is 0 Å². The van der Waals surface area contributed by atoms with Crippen LogP contribution in [-0.2, 0) is 0 Å². The molecule has 19 heavy (non-hydrogen) atoms. The number of rotatable bonds is 9. The molecular formula is C17H28ClN. The Morgan fingerprint density at radius 2 is 1.89 bits per heavy atom. The van der Waals surface area contributed by atoms with Crippen LogP contribution < -0.4 is 5.32 Å². The number of hydrogen-bond acceptors (Lipinski definition) is 1. The Kier molecular flexibility index (Phi) is 8.16. The molecule has 1 unspecified atom stereocenters. The summed E-state index contributed by atoms with van der Waals surface area (Å²) in [5, 5.41) is 4.51. The standard InChI is InChI=1S/C17H28ClN/c1-4-6-7-8-9-17(19-12-5-2)16-11-10-15(18)13-14(16)3/h10-11,13,17,19H,4-9,12H2,1-3H3. The molecule has 0 fully saturated rings. The summed E-state index contributed by atoms with van der Waals surface area (Å²) in [6, 6.07) is 6.75. The minimum atomic E-state index is 0.481. The molecule has 0 aromatic heterocycles. The van der Waals surface area contributed by atoms with Gasteiger partial charge < -0.3 is 5.32 Å². The average Bonchev–Trinajstić information content (AvgIpc) is 2.39. The molecule has 0 saturated heterocycles. The van der Waals surface area contributed by atoms with Crippen molar-refractivity contribution >= 4 is 11.6 Å². The molecule has 0 radical (unpaired) electrons. The topological polar surface area (TPSA) is 12.0 Å². The normalized spacial score (nSPS) is 12.6. The quantitative estimate of drug-likeness (QED) is 0.576. The number of unbranched alkanes of at least 4 members (excludes halogenated alkanes) is 3. The Bertz CT molecular complexity index is 362. The Morgan fingerprint density at radius 3 is 2.53 bits per heavy atom. The molecule has 0 spiro atoms. The first kappa shape index (κ1) is 16.5. The molecule has 1 aromatic carbocycles. The average molecular weight is 282 g/mol. The van der Waals surface area contributed by atoms with Gasteiger partial charge in [-0.15, -0.1) is 0 Å². The molecule has 2 heteroatoms. The second-order valence-electron chi connectivity index (χ2n) is 5.36. The number of aryl methyl sites for hydroxylation is 1. The zero-order valence-corrected chi connectivity index (χ0v) is 13.4. The van der Waals surface area contributed by atoms with Crippen molar-refractivity contribution in [1.29, 1.82) is 0 Å². The summed E-state index contributed by atoms with van der Waals surface area (Å²) in [7, 11) is 0. The van der Waals surface area contributed by atoms with E-state index in [-0.39, 0.29) is 0 Å². The maximum absolute atomic E-state index is 6.05. The van der Waals surface area contributed by atoms with Gasteiger partial charge in [-0.2, -0.15) is 0 Å². The van der Waals surface area contributed by atoms with E-state index in [2.05, 4.69) is 38.2 Å². The van der Waals surface area contributed by atoms with Crippen LogP contribution in [0.1, 0.15) is 69.5 Å². The van der Waals surface area contributed by atoms with Crippen LogP contribution in [0.4, 0.5) is 0 Å². The Labute approximate surface area is 123 Å². The van der Waals surface area contributed by atoms with Crippen molar-refractivity contribution in [3.63, 3.8) is 0 Å². The first-order chi connectivity index (χ1) is 9.19. The highest BCUT2D eigenvalue weighted by atomic mass is 35.5. The van der Waals surface area contributed by atoms with E-state index in [1.54, 1.807) is 0 Å². The number of halogens is 1. The fraction of sp³-hybridized carbons (Fsp3) is 0.647. The fourth-order valence-electron chi connectivity index (χ4n) is 2.49. The maximum atomic E-state index is 6.05. The minimum Gasteiger partial charge on any atom is -0.310 e. The Morgan fingerprint density at radius 1 is 1.11 bits per heavy atom. The third-order valence-electron chi connectivity index (χ3n) is 3.59. The molecule has 0 aliphatic heterocycles. The molecule has 1 nitrogen and oxygen atoms in total. The van der Waals surface area contributed by atoms with Gasteiger partial charge in [-0.25, -0.2) is 0 Å². The summed E-state index contributed by atoms with van der Waals surface area (Å²) in [5.41, 5.74) is 2.71. The van der Waals surface area contributed by atoms with Gasteiger partial charge >= 0.3 is 0 Å². The van der Waals surface area contributed by atoms with Crippen molar-refractivity contribution in [2.75, 3.05) is 6.54 Å². The molecule has 0 bridgehead atoms. The maximum Gasteiger partial charge on any atom is 0.0408 e. The summed E-state index contributed by atoms with van der Waals surface area (Å²) in [5.74, 6) is 0. The Hall–Kier alpha value is -0.530. The van der Waals surface area contributed by atoms with Gasteiger partial charge in [0.2, 0.25) is 0 Å². The van der Waals surface area contributed by atoms with Crippen LogP contribution in [0.5, 0.6) is 0 Å². The first-order valence-electron chi connectivity index (χ1n) is 7.68. The van der Waals surface area contributed by atoms with Gasteiger partial charge in [-0.1, -0.05) is 57.2 Å². The van der Waals surface area contributed by atoms with Gasteiger partial charge in [0.1, 0.15) is 0 Å². The highest BCUT2D eigenvalue weighted by Crippen LogP contribution is 2.25.